The van der Waals surface area contributed by atoms with Crippen LogP contribution in [0.25, 0.3) is 0 Å². The second-order valence-electron chi connectivity index (χ2n) is 7.50. The van der Waals surface area contributed by atoms with E-state index in [0.29, 0.717) is 5.41 Å². The van der Waals surface area contributed by atoms with Crippen molar-refractivity contribution >= 4 is 0 Å². The van der Waals surface area contributed by atoms with E-state index in [1.807, 2.05) is 0 Å². The molecular formula is C17H34N2. The summed E-state index contributed by atoms with van der Waals surface area (Å²) in [6, 6.07) is 1.62. The van der Waals surface area contributed by atoms with Crippen molar-refractivity contribution in [2.45, 2.75) is 84.2 Å². The molecule has 0 amide bonds. The largest absolute Gasteiger partial charge is 0.312 e. The molecule has 2 fully saturated rings. The number of piperidine rings is 1. The van der Waals surface area contributed by atoms with Crippen molar-refractivity contribution < 1.29 is 0 Å². The number of hydrogen-bond acceptors (Lipinski definition) is 2. The fourth-order valence-electron chi connectivity index (χ4n) is 3.83. The molecule has 19 heavy (non-hydrogen) atoms. The molecule has 0 bridgehead atoms. The highest BCUT2D eigenvalue weighted by Gasteiger charge is 2.35. The van der Waals surface area contributed by atoms with Gasteiger partial charge in [-0.15, -0.1) is 0 Å². The molecule has 0 saturated carbocycles. The third-order valence-electron chi connectivity index (χ3n) is 5.16. The quantitative estimate of drug-likeness (QED) is 0.705. The van der Waals surface area contributed by atoms with E-state index < -0.39 is 0 Å². The van der Waals surface area contributed by atoms with Crippen molar-refractivity contribution in [3.63, 3.8) is 0 Å². The van der Waals surface area contributed by atoms with Crippen LogP contribution < -0.4 is 5.32 Å². The zero-order valence-electron chi connectivity index (χ0n) is 13.4. The van der Waals surface area contributed by atoms with Gasteiger partial charge in [0.2, 0.25) is 0 Å². The van der Waals surface area contributed by atoms with Crippen LogP contribution in [-0.2, 0) is 0 Å². The lowest BCUT2D eigenvalue weighted by Gasteiger charge is -2.34. The maximum Gasteiger partial charge on any atom is 0.0249 e. The molecule has 2 atom stereocenters. The molecule has 2 nitrogen and oxygen atoms in total. The van der Waals surface area contributed by atoms with Crippen LogP contribution in [0.1, 0.15) is 72.1 Å². The monoisotopic (exact) mass is 266 g/mol. The van der Waals surface area contributed by atoms with Crippen LogP contribution in [0, 0.1) is 5.41 Å². The van der Waals surface area contributed by atoms with E-state index >= 15 is 0 Å². The molecular weight excluding hydrogens is 232 g/mol. The summed E-state index contributed by atoms with van der Waals surface area (Å²) in [7, 11) is 0. The lowest BCUT2D eigenvalue weighted by molar-refractivity contribution is 0.173. The van der Waals surface area contributed by atoms with Gasteiger partial charge in [0.1, 0.15) is 0 Å². The van der Waals surface area contributed by atoms with Crippen molar-refractivity contribution in [3.05, 3.63) is 0 Å². The minimum Gasteiger partial charge on any atom is -0.312 e. The van der Waals surface area contributed by atoms with Crippen molar-refractivity contribution in [1.29, 1.82) is 0 Å². The third kappa shape index (κ3) is 4.46. The molecule has 0 aliphatic carbocycles. The Hall–Kier alpha value is -0.0800. The van der Waals surface area contributed by atoms with Crippen LogP contribution >= 0.6 is 0 Å². The SMILES string of the molecule is CCCCCC(C)(C)CNC1CCN2CCCCC12. The minimum atomic E-state index is 0.470. The van der Waals surface area contributed by atoms with Gasteiger partial charge in [0, 0.05) is 25.2 Å². The first kappa shape index (κ1) is 15.3. The van der Waals surface area contributed by atoms with Crippen molar-refractivity contribution in [2.24, 2.45) is 5.41 Å². The zero-order chi connectivity index (χ0) is 13.7. The predicted molar refractivity (Wildman–Crippen MR) is 83.5 cm³/mol. The molecule has 0 spiro atoms. The Morgan fingerprint density at radius 1 is 1.11 bits per heavy atom. The Labute approximate surface area is 120 Å². The summed E-state index contributed by atoms with van der Waals surface area (Å²) in [5.41, 5.74) is 0.470. The third-order valence-corrected chi connectivity index (χ3v) is 5.16. The van der Waals surface area contributed by atoms with Gasteiger partial charge in [-0.2, -0.15) is 0 Å². The van der Waals surface area contributed by atoms with Gasteiger partial charge >= 0.3 is 0 Å². The first-order valence-electron chi connectivity index (χ1n) is 8.60. The minimum absolute atomic E-state index is 0.470. The highest BCUT2D eigenvalue weighted by molar-refractivity contribution is 4.94. The molecule has 2 aliphatic heterocycles. The Morgan fingerprint density at radius 3 is 2.74 bits per heavy atom. The fraction of sp³-hybridized carbons (Fsp3) is 1.00. The lowest BCUT2D eigenvalue weighted by atomic mass is 9.86. The van der Waals surface area contributed by atoms with Crippen molar-refractivity contribution in [2.75, 3.05) is 19.6 Å². The molecule has 2 saturated heterocycles. The first-order chi connectivity index (χ1) is 9.12. The van der Waals surface area contributed by atoms with Gasteiger partial charge in [0.05, 0.1) is 0 Å². The Kier molecular flexibility index (Phi) is 5.70. The number of rotatable bonds is 7. The molecule has 2 unspecified atom stereocenters. The normalized spacial score (nSPS) is 28.6. The van der Waals surface area contributed by atoms with Gasteiger partial charge in [-0.25, -0.2) is 0 Å². The van der Waals surface area contributed by atoms with Gasteiger partial charge in [-0.05, 0) is 37.6 Å². The van der Waals surface area contributed by atoms with Crippen LogP contribution in [0.5, 0.6) is 0 Å². The number of fused-ring (bicyclic) bond motifs is 1. The second-order valence-corrected chi connectivity index (χ2v) is 7.50. The molecule has 112 valence electrons. The fourth-order valence-corrected chi connectivity index (χ4v) is 3.83. The van der Waals surface area contributed by atoms with E-state index in [1.165, 1.54) is 71.0 Å². The van der Waals surface area contributed by atoms with E-state index in [0.717, 1.165) is 12.1 Å². The maximum absolute atomic E-state index is 3.91. The van der Waals surface area contributed by atoms with Gasteiger partial charge in [0.15, 0.2) is 0 Å². The number of nitrogens with one attached hydrogen (secondary N) is 1. The summed E-state index contributed by atoms with van der Waals surface area (Å²) in [6.07, 6.45) is 11.2. The molecule has 0 radical (unpaired) electrons. The van der Waals surface area contributed by atoms with Crippen LogP contribution in [-0.4, -0.2) is 36.6 Å². The highest BCUT2D eigenvalue weighted by Crippen LogP contribution is 2.29. The summed E-state index contributed by atoms with van der Waals surface area (Å²) >= 11 is 0. The molecule has 1 N–H and O–H groups in total. The van der Waals surface area contributed by atoms with E-state index in [1.54, 1.807) is 0 Å². The first-order valence-corrected chi connectivity index (χ1v) is 8.60. The number of unbranched alkanes of at least 4 members (excludes halogenated alkanes) is 2. The standard InChI is InChI=1S/C17H34N2/c1-4-5-7-11-17(2,3)14-18-15-10-13-19-12-8-6-9-16(15)19/h15-16,18H,4-14H2,1-3H3. The maximum atomic E-state index is 3.91. The van der Waals surface area contributed by atoms with Crippen molar-refractivity contribution in [1.82, 2.24) is 10.2 Å². The molecule has 2 rings (SSSR count). The smallest absolute Gasteiger partial charge is 0.0249 e. The van der Waals surface area contributed by atoms with Gasteiger partial charge in [-0.3, -0.25) is 4.90 Å². The Balaban J connectivity index is 1.72. The van der Waals surface area contributed by atoms with Gasteiger partial charge in [-0.1, -0.05) is 46.5 Å². The van der Waals surface area contributed by atoms with Gasteiger partial charge in [0.25, 0.3) is 0 Å². The summed E-state index contributed by atoms with van der Waals surface area (Å²) < 4.78 is 0. The zero-order valence-corrected chi connectivity index (χ0v) is 13.4. The second kappa shape index (κ2) is 7.08. The number of hydrogen-bond donors (Lipinski definition) is 1. The molecule has 2 heteroatoms. The molecule has 0 aromatic heterocycles. The highest BCUT2D eigenvalue weighted by atomic mass is 15.2. The topological polar surface area (TPSA) is 15.3 Å². The Bertz CT molecular complexity index is 262. The Morgan fingerprint density at radius 2 is 1.95 bits per heavy atom. The average molecular weight is 266 g/mol. The molecule has 0 aromatic carbocycles. The van der Waals surface area contributed by atoms with Gasteiger partial charge < -0.3 is 5.32 Å². The van der Waals surface area contributed by atoms with E-state index in [9.17, 15) is 0 Å². The van der Waals surface area contributed by atoms with Crippen LogP contribution in [0.15, 0.2) is 0 Å². The van der Waals surface area contributed by atoms with E-state index in [2.05, 4.69) is 31.0 Å². The predicted octanol–water partition coefficient (Wildman–Crippen LogP) is 3.81. The summed E-state index contributed by atoms with van der Waals surface area (Å²) in [5.74, 6) is 0. The van der Waals surface area contributed by atoms with Crippen LogP contribution in [0.4, 0.5) is 0 Å². The molecule has 2 heterocycles. The summed E-state index contributed by atoms with van der Waals surface area (Å²) in [4.78, 5) is 2.73. The van der Waals surface area contributed by atoms with Crippen LogP contribution in [0.2, 0.25) is 0 Å². The lowest BCUT2D eigenvalue weighted by Crippen LogP contribution is -2.47. The summed E-state index contributed by atoms with van der Waals surface area (Å²) in [5, 5.41) is 3.91. The van der Waals surface area contributed by atoms with E-state index in [4.69, 9.17) is 0 Å². The van der Waals surface area contributed by atoms with E-state index in [-0.39, 0.29) is 0 Å². The average Bonchev–Trinajstić information content (AvgIpc) is 2.80. The van der Waals surface area contributed by atoms with Crippen LogP contribution in [0.3, 0.4) is 0 Å². The molecule has 0 aromatic rings. The number of nitrogens with zero attached hydrogens (tertiary/aromatic N) is 1. The van der Waals surface area contributed by atoms with Crippen molar-refractivity contribution in [3.8, 4) is 0 Å². The molecule has 2 aliphatic rings. The summed E-state index contributed by atoms with van der Waals surface area (Å²) in [6.45, 7) is 11.0.